The largest absolute Gasteiger partial charge is 0.453 e. The van der Waals surface area contributed by atoms with E-state index < -0.39 is 0 Å². The van der Waals surface area contributed by atoms with Gasteiger partial charge in [-0.2, -0.15) is 0 Å². The van der Waals surface area contributed by atoms with Crippen LogP contribution in [0.3, 0.4) is 0 Å². The Morgan fingerprint density at radius 1 is 1.69 bits per heavy atom. The lowest BCUT2D eigenvalue weighted by molar-refractivity contribution is 0.0805. The maximum Gasteiger partial charge on any atom is 0.409 e. The number of nitrogens with zero attached hydrogens (tertiary/aromatic N) is 1. The first-order chi connectivity index (χ1) is 6.19. The van der Waals surface area contributed by atoms with E-state index in [1.165, 1.54) is 7.11 Å². The average Bonchev–Trinajstić information content (AvgIpc) is 2.16. The third-order valence-electron chi connectivity index (χ3n) is 2.66. The second-order valence-corrected chi connectivity index (χ2v) is 3.68. The van der Waals surface area contributed by atoms with E-state index in [1.54, 1.807) is 4.90 Å². The quantitative estimate of drug-likeness (QED) is 0.659. The normalized spacial score (nSPS) is 28.7. The molecule has 2 atom stereocenters. The Labute approximate surface area is 79.0 Å². The summed E-state index contributed by atoms with van der Waals surface area (Å²) in [5.74, 6) is 0.662. The number of nitrogens with two attached hydrogens (primary N) is 1. The standard InChI is InChI=1S/C9H18N2O2/c1-7-3-4-11(9(12)13-2)8(5-7)6-10/h7-8H,3-6,10H2,1-2H3. The highest BCUT2D eigenvalue weighted by molar-refractivity contribution is 5.68. The van der Waals surface area contributed by atoms with Crippen LogP contribution in [0.4, 0.5) is 4.79 Å². The monoisotopic (exact) mass is 186 g/mol. The predicted octanol–water partition coefficient (Wildman–Crippen LogP) is 0.812. The number of amides is 1. The van der Waals surface area contributed by atoms with Crippen LogP contribution < -0.4 is 5.73 Å². The van der Waals surface area contributed by atoms with Crippen molar-refractivity contribution in [3.63, 3.8) is 0 Å². The zero-order valence-corrected chi connectivity index (χ0v) is 8.32. The molecule has 2 N–H and O–H groups in total. The Balaban J connectivity index is 2.57. The number of carbonyl (C=O) groups excluding carboxylic acids is 1. The van der Waals surface area contributed by atoms with Crippen molar-refractivity contribution in [2.24, 2.45) is 11.7 Å². The molecule has 4 nitrogen and oxygen atoms in total. The van der Waals surface area contributed by atoms with Crippen molar-refractivity contribution >= 4 is 6.09 Å². The minimum Gasteiger partial charge on any atom is -0.453 e. The molecule has 0 aromatic rings. The summed E-state index contributed by atoms with van der Waals surface area (Å²) < 4.78 is 4.69. The van der Waals surface area contributed by atoms with E-state index in [9.17, 15) is 4.79 Å². The summed E-state index contributed by atoms with van der Waals surface area (Å²) in [6, 6.07) is 0.163. The predicted molar refractivity (Wildman–Crippen MR) is 50.4 cm³/mol. The molecule has 76 valence electrons. The van der Waals surface area contributed by atoms with Gasteiger partial charge in [-0.3, -0.25) is 0 Å². The lowest BCUT2D eigenvalue weighted by Crippen LogP contribution is -2.49. The summed E-state index contributed by atoms with van der Waals surface area (Å²) in [7, 11) is 1.41. The van der Waals surface area contributed by atoms with Gasteiger partial charge in [-0.1, -0.05) is 6.92 Å². The zero-order chi connectivity index (χ0) is 9.84. The Bertz CT molecular complexity index is 184. The molecule has 4 heteroatoms. The Kier molecular flexibility index (Phi) is 3.54. The Hall–Kier alpha value is -0.770. The summed E-state index contributed by atoms with van der Waals surface area (Å²) >= 11 is 0. The van der Waals surface area contributed by atoms with E-state index >= 15 is 0 Å². The maximum atomic E-state index is 11.3. The highest BCUT2D eigenvalue weighted by atomic mass is 16.5. The van der Waals surface area contributed by atoms with Crippen LogP contribution in [0.5, 0.6) is 0 Å². The number of likely N-dealkylation sites (tertiary alicyclic amines) is 1. The molecule has 1 aliphatic rings. The zero-order valence-electron chi connectivity index (χ0n) is 8.32. The van der Waals surface area contributed by atoms with Gasteiger partial charge in [0.25, 0.3) is 0 Å². The fraction of sp³-hybridized carbons (Fsp3) is 0.889. The van der Waals surface area contributed by atoms with Gasteiger partial charge in [0.1, 0.15) is 0 Å². The molecule has 13 heavy (non-hydrogen) atoms. The van der Waals surface area contributed by atoms with Crippen LogP contribution >= 0.6 is 0 Å². The molecule has 2 unspecified atom stereocenters. The van der Waals surface area contributed by atoms with Crippen molar-refractivity contribution in [2.45, 2.75) is 25.8 Å². The average molecular weight is 186 g/mol. The van der Waals surface area contributed by atoms with Gasteiger partial charge in [-0.25, -0.2) is 4.79 Å². The van der Waals surface area contributed by atoms with Crippen LogP contribution in [0, 0.1) is 5.92 Å². The fourth-order valence-corrected chi connectivity index (χ4v) is 1.83. The minimum atomic E-state index is -0.248. The van der Waals surface area contributed by atoms with E-state index in [0.29, 0.717) is 12.5 Å². The molecule has 0 spiro atoms. The number of piperidine rings is 1. The van der Waals surface area contributed by atoms with E-state index in [0.717, 1.165) is 19.4 Å². The van der Waals surface area contributed by atoms with Crippen molar-refractivity contribution in [3.8, 4) is 0 Å². The Morgan fingerprint density at radius 3 is 2.92 bits per heavy atom. The van der Waals surface area contributed by atoms with Gasteiger partial charge in [0.05, 0.1) is 7.11 Å². The molecule has 0 saturated carbocycles. The minimum absolute atomic E-state index is 0.163. The smallest absolute Gasteiger partial charge is 0.409 e. The molecular weight excluding hydrogens is 168 g/mol. The van der Waals surface area contributed by atoms with Crippen molar-refractivity contribution in [1.29, 1.82) is 0 Å². The number of carbonyl (C=O) groups is 1. The third-order valence-corrected chi connectivity index (χ3v) is 2.66. The molecule has 0 bridgehead atoms. The summed E-state index contributed by atoms with van der Waals surface area (Å²) in [5.41, 5.74) is 5.60. The van der Waals surface area contributed by atoms with Gasteiger partial charge in [0.2, 0.25) is 0 Å². The first-order valence-corrected chi connectivity index (χ1v) is 4.73. The van der Waals surface area contributed by atoms with E-state index in [-0.39, 0.29) is 12.1 Å². The van der Waals surface area contributed by atoms with Gasteiger partial charge in [-0.05, 0) is 18.8 Å². The number of hydrogen-bond donors (Lipinski definition) is 1. The molecule has 0 aliphatic carbocycles. The van der Waals surface area contributed by atoms with E-state index in [1.807, 2.05) is 0 Å². The molecule has 1 amide bonds. The van der Waals surface area contributed by atoms with Crippen LogP contribution in [0.15, 0.2) is 0 Å². The molecule has 0 radical (unpaired) electrons. The molecule has 1 heterocycles. The first-order valence-electron chi connectivity index (χ1n) is 4.73. The molecule has 1 aliphatic heterocycles. The summed E-state index contributed by atoms with van der Waals surface area (Å²) in [5, 5.41) is 0. The van der Waals surface area contributed by atoms with E-state index in [2.05, 4.69) is 11.7 Å². The molecule has 0 aromatic carbocycles. The van der Waals surface area contributed by atoms with Gasteiger partial charge >= 0.3 is 6.09 Å². The fourth-order valence-electron chi connectivity index (χ4n) is 1.83. The number of ether oxygens (including phenoxy) is 1. The summed E-state index contributed by atoms with van der Waals surface area (Å²) in [6.07, 6.45) is 1.79. The van der Waals surface area contributed by atoms with Crippen LogP contribution in [-0.4, -0.2) is 37.2 Å². The number of hydrogen-bond acceptors (Lipinski definition) is 3. The molecule has 0 aromatic heterocycles. The Morgan fingerprint density at radius 2 is 2.38 bits per heavy atom. The van der Waals surface area contributed by atoms with Crippen molar-refractivity contribution < 1.29 is 9.53 Å². The number of rotatable bonds is 1. The lowest BCUT2D eigenvalue weighted by atomic mass is 9.93. The van der Waals surface area contributed by atoms with Crippen molar-refractivity contribution in [3.05, 3.63) is 0 Å². The molecule has 1 fully saturated rings. The molecule has 1 saturated heterocycles. The third kappa shape index (κ3) is 2.34. The van der Waals surface area contributed by atoms with Crippen molar-refractivity contribution in [1.82, 2.24) is 4.90 Å². The lowest BCUT2D eigenvalue weighted by Gasteiger charge is -2.36. The highest BCUT2D eigenvalue weighted by Gasteiger charge is 2.29. The highest BCUT2D eigenvalue weighted by Crippen LogP contribution is 2.22. The van der Waals surface area contributed by atoms with Crippen LogP contribution in [0.25, 0.3) is 0 Å². The second-order valence-electron chi connectivity index (χ2n) is 3.68. The number of methoxy groups -OCH3 is 1. The SMILES string of the molecule is COC(=O)N1CCC(C)CC1CN. The van der Waals surface area contributed by atoms with Gasteiger partial charge in [-0.15, -0.1) is 0 Å². The summed E-state index contributed by atoms with van der Waals surface area (Å²) in [4.78, 5) is 13.0. The molecule has 1 rings (SSSR count). The first kappa shape index (κ1) is 10.3. The van der Waals surface area contributed by atoms with Gasteiger partial charge < -0.3 is 15.4 Å². The molecular formula is C9H18N2O2. The maximum absolute atomic E-state index is 11.3. The van der Waals surface area contributed by atoms with Gasteiger partial charge in [0, 0.05) is 19.1 Å². The second kappa shape index (κ2) is 4.46. The van der Waals surface area contributed by atoms with E-state index in [4.69, 9.17) is 5.73 Å². The van der Waals surface area contributed by atoms with Crippen molar-refractivity contribution in [2.75, 3.05) is 20.2 Å². The van der Waals surface area contributed by atoms with Gasteiger partial charge in [0.15, 0.2) is 0 Å². The van der Waals surface area contributed by atoms with Crippen LogP contribution in [0.1, 0.15) is 19.8 Å². The summed E-state index contributed by atoms with van der Waals surface area (Å²) in [6.45, 7) is 3.49. The van der Waals surface area contributed by atoms with Crippen LogP contribution in [-0.2, 0) is 4.74 Å². The van der Waals surface area contributed by atoms with Crippen LogP contribution in [0.2, 0.25) is 0 Å². The topological polar surface area (TPSA) is 55.6 Å².